The number of hydrogen-bond acceptors (Lipinski definition) is 4. The van der Waals surface area contributed by atoms with Crippen molar-refractivity contribution in [2.45, 2.75) is 6.54 Å². The second-order valence-electron chi connectivity index (χ2n) is 5.70. The normalized spacial score (nSPS) is 15.5. The number of halogens is 2. The van der Waals surface area contributed by atoms with Crippen LogP contribution in [0.2, 0.25) is 5.02 Å². The van der Waals surface area contributed by atoms with Gasteiger partial charge in [0.1, 0.15) is 11.6 Å². The van der Waals surface area contributed by atoms with Gasteiger partial charge >= 0.3 is 0 Å². The molecule has 1 aromatic heterocycles. The predicted molar refractivity (Wildman–Crippen MR) is 88.5 cm³/mol. The molecule has 1 aromatic carbocycles. The Labute approximate surface area is 144 Å². The first-order chi connectivity index (χ1) is 11.5. The van der Waals surface area contributed by atoms with Crippen LogP contribution in [0.25, 0.3) is 0 Å². The van der Waals surface area contributed by atoms with Gasteiger partial charge in [0.25, 0.3) is 5.91 Å². The Morgan fingerprint density at radius 1 is 1.21 bits per heavy atom. The maximum Gasteiger partial charge on any atom is 0.257 e. The molecule has 1 N–H and O–H groups in total. The lowest BCUT2D eigenvalue weighted by molar-refractivity contribution is 0.0624. The fourth-order valence-electron chi connectivity index (χ4n) is 2.69. The van der Waals surface area contributed by atoms with Crippen molar-refractivity contribution in [2.24, 2.45) is 0 Å². The largest absolute Gasteiger partial charge is 0.507 e. The lowest BCUT2D eigenvalue weighted by Crippen LogP contribution is -2.48. The summed E-state index contributed by atoms with van der Waals surface area (Å²) in [6.07, 6.45) is 1.62. The zero-order valence-corrected chi connectivity index (χ0v) is 13.7. The highest BCUT2D eigenvalue weighted by atomic mass is 35.5. The van der Waals surface area contributed by atoms with Gasteiger partial charge < -0.3 is 10.0 Å². The maximum absolute atomic E-state index is 13.0. The van der Waals surface area contributed by atoms with Gasteiger partial charge in [-0.1, -0.05) is 11.6 Å². The molecule has 0 bridgehead atoms. The number of benzene rings is 1. The number of hydrogen-bond donors (Lipinski definition) is 1. The number of amides is 1. The molecule has 3 rings (SSSR count). The van der Waals surface area contributed by atoms with Crippen LogP contribution in [0.4, 0.5) is 4.39 Å². The highest BCUT2D eigenvalue weighted by Gasteiger charge is 2.24. The third-order valence-electron chi connectivity index (χ3n) is 4.02. The van der Waals surface area contributed by atoms with Crippen molar-refractivity contribution in [1.29, 1.82) is 0 Å². The molecule has 0 saturated carbocycles. The van der Waals surface area contributed by atoms with Crippen molar-refractivity contribution >= 4 is 17.5 Å². The molecule has 126 valence electrons. The molecular weight excluding hydrogens is 333 g/mol. The lowest BCUT2D eigenvalue weighted by atomic mass is 10.1. The van der Waals surface area contributed by atoms with E-state index >= 15 is 0 Å². The molecule has 1 fully saturated rings. The second-order valence-corrected chi connectivity index (χ2v) is 6.13. The number of pyridine rings is 1. The van der Waals surface area contributed by atoms with Gasteiger partial charge in [-0.3, -0.25) is 14.7 Å². The SMILES string of the molecule is O=C(c1ccc(F)cc1O)N1CCN(Cc2ccc(Cl)cn2)CC1. The lowest BCUT2D eigenvalue weighted by Gasteiger charge is -2.34. The average Bonchev–Trinajstić information content (AvgIpc) is 2.57. The van der Waals surface area contributed by atoms with E-state index in [2.05, 4.69) is 9.88 Å². The average molecular weight is 350 g/mol. The van der Waals surface area contributed by atoms with Crippen molar-refractivity contribution < 1.29 is 14.3 Å². The number of piperazine rings is 1. The number of carbonyl (C=O) groups is 1. The summed E-state index contributed by atoms with van der Waals surface area (Å²) in [4.78, 5) is 20.6. The summed E-state index contributed by atoms with van der Waals surface area (Å²) in [5.74, 6) is -1.17. The summed E-state index contributed by atoms with van der Waals surface area (Å²) >= 11 is 5.82. The minimum atomic E-state index is -0.565. The molecule has 0 atom stereocenters. The van der Waals surface area contributed by atoms with Gasteiger partial charge in [-0.15, -0.1) is 0 Å². The van der Waals surface area contributed by atoms with Crippen LogP contribution in [0.5, 0.6) is 5.75 Å². The molecule has 1 aliphatic rings. The first-order valence-electron chi connectivity index (χ1n) is 7.63. The van der Waals surface area contributed by atoms with Gasteiger partial charge in [-0.2, -0.15) is 0 Å². The predicted octanol–water partition coefficient (Wildman–Crippen LogP) is 2.54. The Morgan fingerprint density at radius 3 is 2.58 bits per heavy atom. The van der Waals surface area contributed by atoms with Gasteiger partial charge in [0.05, 0.1) is 16.3 Å². The van der Waals surface area contributed by atoms with Crippen LogP contribution >= 0.6 is 11.6 Å². The van der Waals surface area contributed by atoms with E-state index in [1.165, 1.54) is 12.1 Å². The van der Waals surface area contributed by atoms with E-state index in [0.29, 0.717) is 37.7 Å². The Morgan fingerprint density at radius 2 is 1.96 bits per heavy atom. The van der Waals surface area contributed by atoms with E-state index in [-0.39, 0.29) is 17.2 Å². The van der Waals surface area contributed by atoms with Crippen molar-refractivity contribution in [2.75, 3.05) is 26.2 Å². The second kappa shape index (κ2) is 7.15. The molecule has 0 unspecified atom stereocenters. The molecule has 1 amide bonds. The number of aromatic nitrogens is 1. The molecule has 7 heteroatoms. The van der Waals surface area contributed by atoms with E-state index in [1.54, 1.807) is 17.2 Å². The minimum Gasteiger partial charge on any atom is -0.507 e. The smallest absolute Gasteiger partial charge is 0.257 e. The first-order valence-corrected chi connectivity index (χ1v) is 8.01. The Balaban J connectivity index is 1.58. The zero-order chi connectivity index (χ0) is 17.1. The standard InChI is InChI=1S/C17H17ClFN3O2/c18-12-1-3-14(20-10-12)11-21-5-7-22(8-6-21)17(24)15-4-2-13(19)9-16(15)23/h1-4,9-10,23H,5-8,11H2. The third-order valence-corrected chi connectivity index (χ3v) is 4.25. The number of aromatic hydroxyl groups is 1. The monoisotopic (exact) mass is 349 g/mol. The summed E-state index contributed by atoms with van der Waals surface area (Å²) in [6, 6.07) is 7.14. The number of carbonyl (C=O) groups excluding carboxylic acids is 1. The number of nitrogens with zero attached hydrogens (tertiary/aromatic N) is 3. The third kappa shape index (κ3) is 3.83. The molecular formula is C17H17ClFN3O2. The topological polar surface area (TPSA) is 56.7 Å². The molecule has 1 aliphatic heterocycles. The molecule has 24 heavy (non-hydrogen) atoms. The quantitative estimate of drug-likeness (QED) is 0.925. The summed E-state index contributed by atoms with van der Waals surface area (Å²) in [5, 5.41) is 10.3. The van der Waals surface area contributed by atoms with Crippen LogP contribution in [0.15, 0.2) is 36.5 Å². The van der Waals surface area contributed by atoms with Gasteiger partial charge in [0.2, 0.25) is 0 Å². The van der Waals surface area contributed by atoms with E-state index in [4.69, 9.17) is 11.6 Å². The van der Waals surface area contributed by atoms with Crippen LogP contribution in [0, 0.1) is 5.82 Å². The molecule has 0 spiro atoms. The van der Waals surface area contributed by atoms with Crippen molar-refractivity contribution in [3.63, 3.8) is 0 Å². The fraction of sp³-hybridized carbons (Fsp3) is 0.294. The molecule has 0 aliphatic carbocycles. The van der Waals surface area contributed by atoms with E-state index < -0.39 is 5.82 Å². The van der Waals surface area contributed by atoms with Crippen molar-refractivity contribution in [3.8, 4) is 5.75 Å². The summed E-state index contributed by atoms with van der Waals surface area (Å²) in [5.41, 5.74) is 1.06. The molecule has 0 radical (unpaired) electrons. The van der Waals surface area contributed by atoms with E-state index in [1.807, 2.05) is 6.07 Å². The van der Waals surface area contributed by atoms with Crippen LogP contribution < -0.4 is 0 Å². The van der Waals surface area contributed by atoms with Crippen LogP contribution in [-0.4, -0.2) is 52.0 Å². The van der Waals surface area contributed by atoms with Gasteiger partial charge in [0.15, 0.2) is 0 Å². The summed E-state index contributed by atoms with van der Waals surface area (Å²) in [7, 11) is 0. The van der Waals surface area contributed by atoms with Gasteiger partial charge in [0, 0.05) is 45.0 Å². The van der Waals surface area contributed by atoms with Crippen LogP contribution in [0.1, 0.15) is 16.1 Å². The summed E-state index contributed by atoms with van der Waals surface area (Å²) in [6.45, 7) is 3.20. The fourth-order valence-corrected chi connectivity index (χ4v) is 2.81. The van der Waals surface area contributed by atoms with Crippen molar-refractivity contribution in [1.82, 2.24) is 14.8 Å². The highest BCUT2D eigenvalue weighted by Crippen LogP contribution is 2.21. The van der Waals surface area contributed by atoms with E-state index in [0.717, 1.165) is 11.8 Å². The number of phenols is 1. The summed E-state index contributed by atoms with van der Waals surface area (Å²) < 4.78 is 13.0. The maximum atomic E-state index is 13.0. The number of phenolic OH excluding ortho intramolecular Hbond substituents is 1. The molecule has 5 nitrogen and oxygen atoms in total. The Hall–Kier alpha value is -2.18. The zero-order valence-electron chi connectivity index (χ0n) is 13.0. The van der Waals surface area contributed by atoms with Gasteiger partial charge in [-0.25, -0.2) is 4.39 Å². The minimum absolute atomic E-state index is 0.129. The molecule has 2 aromatic rings. The van der Waals surface area contributed by atoms with Crippen molar-refractivity contribution in [3.05, 3.63) is 58.6 Å². The van der Waals surface area contributed by atoms with Gasteiger partial charge in [-0.05, 0) is 24.3 Å². The number of rotatable bonds is 3. The Kier molecular flexibility index (Phi) is 4.97. The van der Waals surface area contributed by atoms with Crippen LogP contribution in [-0.2, 0) is 6.54 Å². The van der Waals surface area contributed by atoms with E-state index in [9.17, 15) is 14.3 Å². The molecule has 1 saturated heterocycles. The first kappa shape index (κ1) is 16.7. The Bertz CT molecular complexity index is 731. The van der Waals surface area contributed by atoms with Crippen LogP contribution in [0.3, 0.4) is 0 Å². The molecule has 2 heterocycles. The highest BCUT2D eigenvalue weighted by molar-refractivity contribution is 6.30.